The second-order valence-electron chi connectivity index (χ2n) is 3.70. The average molecular weight is 195 g/mol. The first-order chi connectivity index (χ1) is 6.61. The normalized spacial score (nSPS) is 14.0. The number of hydrogen-bond acceptors (Lipinski definition) is 4. The summed E-state index contributed by atoms with van der Waals surface area (Å²) in [7, 11) is 3.60. The van der Waals surface area contributed by atoms with Gasteiger partial charge in [-0.2, -0.15) is 0 Å². The maximum absolute atomic E-state index is 5.43. The summed E-state index contributed by atoms with van der Waals surface area (Å²) in [6.07, 6.45) is 5.12. The van der Waals surface area contributed by atoms with Crippen molar-refractivity contribution >= 4 is 0 Å². The minimum Gasteiger partial charge on any atom is -0.377 e. The molecule has 0 aliphatic carbocycles. The molecule has 1 atom stereocenters. The molecule has 1 rings (SSSR count). The maximum atomic E-state index is 5.43. The van der Waals surface area contributed by atoms with Crippen molar-refractivity contribution in [2.45, 2.75) is 25.5 Å². The third-order valence-electron chi connectivity index (χ3n) is 2.42. The highest BCUT2D eigenvalue weighted by atomic mass is 16.5. The molecule has 0 fully saturated rings. The third kappa shape index (κ3) is 2.27. The second-order valence-corrected chi connectivity index (χ2v) is 3.70. The van der Waals surface area contributed by atoms with Gasteiger partial charge in [-0.1, -0.05) is 0 Å². The van der Waals surface area contributed by atoms with E-state index in [1.54, 1.807) is 19.5 Å². The molecule has 0 aliphatic heterocycles. The zero-order valence-electron chi connectivity index (χ0n) is 9.11. The molecule has 78 valence electrons. The van der Waals surface area contributed by atoms with Gasteiger partial charge < -0.3 is 10.1 Å². The highest BCUT2D eigenvalue weighted by Gasteiger charge is 2.29. The number of hydrogen-bond donors (Lipinski definition) is 1. The highest BCUT2D eigenvalue weighted by molar-refractivity contribution is 5.13. The molecular formula is C10H17N3O. The second kappa shape index (κ2) is 4.48. The lowest BCUT2D eigenvalue weighted by molar-refractivity contribution is -0.00917. The number of likely N-dealkylation sites (N-methyl/N-ethyl adjacent to an activating group) is 1. The zero-order valence-corrected chi connectivity index (χ0v) is 9.11. The van der Waals surface area contributed by atoms with Crippen molar-refractivity contribution in [1.82, 2.24) is 15.3 Å². The minimum atomic E-state index is -0.278. The van der Waals surface area contributed by atoms with Gasteiger partial charge in [0.2, 0.25) is 0 Å². The van der Waals surface area contributed by atoms with E-state index in [4.69, 9.17) is 4.74 Å². The molecule has 0 bridgehead atoms. The van der Waals surface area contributed by atoms with Crippen LogP contribution in [0.1, 0.15) is 25.5 Å². The van der Waals surface area contributed by atoms with Gasteiger partial charge in [0.25, 0.3) is 0 Å². The van der Waals surface area contributed by atoms with E-state index >= 15 is 0 Å². The Morgan fingerprint density at radius 3 is 2.36 bits per heavy atom. The number of aromatic nitrogens is 2. The van der Waals surface area contributed by atoms with Crippen LogP contribution in [0, 0.1) is 0 Å². The molecule has 1 heterocycles. The van der Waals surface area contributed by atoms with Gasteiger partial charge in [0.1, 0.15) is 6.33 Å². The fourth-order valence-electron chi connectivity index (χ4n) is 1.49. The van der Waals surface area contributed by atoms with Crippen molar-refractivity contribution in [2.75, 3.05) is 14.2 Å². The van der Waals surface area contributed by atoms with Gasteiger partial charge >= 0.3 is 0 Å². The predicted molar refractivity (Wildman–Crippen MR) is 54.9 cm³/mol. The van der Waals surface area contributed by atoms with E-state index in [0.29, 0.717) is 0 Å². The number of methoxy groups -OCH3 is 1. The van der Waals surface area contributed by atoms with Gasteiger partial charge in [0.05, 0.1) is 11.6 Å². The summed E-state index contributed by atoms with van der Waals surface area (Å²) in [4.78, 5) is 7.99. The van der Waals surface area contributed by atoms with Crippen LogP contribution in [0.4, 0.5) is 0 Å². The van der Waals surface area contributed by atoms with Gasteiger partial charge in [-0.15, -0.1) is 0 Å². The van der Waals surface area contributed by atoms with Crippen LogP contribution in [0.5, 0.6) is 0 Å². The van der Waals surface area contributed by atoms with Crippen LogP contribution in [0.15, 0.2) is 18.7 Å². The third-order valence-corrected chi connectivity index (χ3v) is 2.42. The number of ether oxygens (including phenoxy) is 1. The Morgan fingerprint density at radius 1 is 1.36 bits per heavy atom. The molecule has 0 radical (unpaired) electrons. The molecule has 1 aromatic heterocycles. The van der Waals surface area contributed by atoms with Crippen molar-refractivity contribution in [3.8, 4) is 0 Å². The fraction of sp³-hybridized carbons (Fsp3) is 0.600. The molecule has 0 saturated heterocycles. The molecule has 4 nitrogen and oxygen atoms in total. The minimum absolute atomic E-state index is 0.0914. The molecule has 4 heteroatoms. The SMILES string of the molecule is CNC(c1cncnc1)C(C)(C)OC. The van der Waals surface area contributed by atoms with Crippen LogP contribution in [-0.2, 0) is 4.74 Å². The van der Waals surface area contributed by atoms with Crippen LogP contribution in [0.25, 0.3) is 0 Å². The van der Waals surface area contributed by atoms with Gasteiger partial charge in [-0.3, -0.25) is 0 Å². The van der Waals surface area contributed by atoms with E-state index in [1.165, 1.54) is 6.33 Å². The van der Waals surface area contributed by atoms with Crippen molar-refractivity contribution in [3.63, 3.8) is 0 Å². The molecule has 0 aliphatic rings. The molecule has 1 aromatic rings. The largest absolute Gasteiger partial charge is 0.377 e. The van der Waals surface area contributed by atoms with E-state index in [1.807, 2.05) is 20.9 Å². The summed E-state index contributed by atoms with van der Waals surface area (Å²) in [5.41, 5.74) is 0.751. The number of nitrogens with one attached hydrogen (secondary N) is 1. The topological polar surface area (TPSA) is 47.0 Å². The molecule has 1 unspecified atom stereocenters. The summed E-state index contributed by atoms with van der Waals surface area (Å²) in [6.45, 7) is 4.06. The van der Waals surface area contributed by atoms with Crippen LogP contribution in [-0.4, -0.2) is 29.7 Å². The molecule has 14 heavy (non-hydrogen) atoms. The Morgan fingerprint density at radius 2 is 1.93 bits per heavy atom. The molecule has 0 saturated carbocycles. The van der Waals surface area contributed by atoms with Gasteiger partial charge in [-0.25, -0.2) is 9.97 Å². The molecular weight excluding hydrogens is 178 g/mol. The van der Waals surface area contributed by atoms with E-state index in [9.17, 15) is 0 Å². The van der Waals surface area contributed by atoms with Crippen LogP contribution < -0.4 is 5.32 Å². The van der Waals surface area contributed by atoms with Crippen molar-refractivity contribution in [3.05, 3.63) is 24.3 Å². The van der Waals surface area contributed by atoms with E-state index in [2.05, 4.69) is 15.3 Å². The van der Waals surface area contributed by atoms with Gasteiger partial charge in [0, 0.05) is 25.1 Å². The maximum Gasteiger partial charge on any atom is 0.115 e. The first-order valence-corrected chi connectivity index (χ1v) is 4.59. The Balaban J connectivity index is 2.93. The monoisotopic (exact) mass is 195 g/mol. The molecule has 1 N–H and O–H groups in total. The van der Waals surface area contributed by atoms with E-state index in [-0.39, 0.29) is 11.6 Å². The van der Waals surface area contributed by atoms with Crippen molar-refractivity contribution < 1.29 is 4.74 Å². The van der Waals surface area contributed by atoms with Crippen LogP contribution >= 0.6 is 0 Å². The van der Waals surface area contributed by atoms with Crippen LogP contribution in [0.3, 0.4) is 0 Å². The molecule has 0 amide bonds. The summed E-state index contributed by atoms with van der Waals surface area (Å²) in [5, 5.41) is 3.20. The Bertz CT molecular complexity index is 274. The van der Waals surface area contributed by atoms with Crippen LogP contribution in [0.2, 0.25) is 0 Å². The Hall–Kier alpha value is -1.00. The smallest absolute Gasteiger partial charge is 0.115 e. The zero-order chi connectivity index (χ0) is 10.6. The Labute approximate surface area is 84.7 Å². The molecule has 0 spiro atoms. The lowest BCUT2D eigenvalue weighted by Crippen LogP contribution is -2.39. The van der Waals surface area contributed by atoms with E-state index < -0.39 is 0 Å². The first kappa shape index (κ1) is 11.1. The standard InChI is InChI=1S/C10H17N3O/c1-10(2,14-4)9(11-3)8-5-12-7-13-6-8/h5-7,9,11H,1-4H3. The predicted octanol–water partition coefficient (Wildman–Crippen LogP) is 1.16. The summed E-state index contributed by atoms with van der Waals surface area (Å²) in [6, 6.07) is 0.0914. The van der Waals surface area contributed by atoms with E-state index in [0.717, 1.165) is 5.56 Å². The van der Waals surface area contributed by atoms with Gasteiger partial charge in [0.15, 0.2) is 0 Å². The highest BCUT2D eigenvalue weighted by Crippen LogP contribution is 2.26. The summed E-state index contributed by atoms with van der Waals surface area (Å²) < 4.78 is 5.43. The summed E-state index contributed by atoms with van der Waals surface area (Å²) in [5.74, 6) is 0. The number of rotatable bonds is 4. The summed E-state index contributed by atoms with van der Waals surface area (Å²) >= 11 is 0. The Kier molecular flexibility index (Phi) is 3.55. The van der Waals surface area contributed by atoms with Crippen molar-refractivity contribution in [1.29, 1.82) is 0 Å². The van der Waals surface area contributed by atoms with Gasteiger partial charge in [-0.05, 0) is 20.9 Å². The first-order valence-electron chi connectivity index (χ1n) is 4.59. The number of nitrogens with zero attached hydrogens (tertiary/aromatic N) is 2. The lowest BCUT2D eigenvalue weighted by Gasteiger charge is -2.32. The van der Waals surface area contributed by atoms with Crippen molar-refractivity contribution in [2.24, 2.45) is 0 Å². The lowest BCUT2D eigenvalue weighted by atomic mass is 9.93. The quantitative estimate of drug-likeness (QED) is 0.783. The fourth-order valence-corrected chi connectivity index (χ4v) is 1.49. The molecule has 0 aromatic carbocycles. The average Bonchev–Trinajstić information content (AvgIpc) is 2.20.